The SMILES string of the molecule is CC(C(O)c1ccc(O)cc1)N1C[C@H]2CC(O)C[C@H]2C1.c1ccccc1. The topological polar surface area (TPSA) is 63.9 Å². The van der Waals surface area contributed by atoms with E-state index in [2.05, 4.69) is 11.8 Å². The maximum atomic E-state index is 10.5. The first-order chi connectivity index (χ1) is 12.5. The van der Waals surface area contributed by atoms with Crippen molar-refractivity contribution in [1.29, 1.82) is 0 Å². The Morgan fingerprint density at radius 1 is 0.885 bits per heavy atom. The zero-order chi connectivity index (χ0) is 18.5. The molecule has 0 amide bonds. The lowest BCUT2D eigenvalue weighted by atomic mass is 10.0. The van der Waals surface area contributed by atoms with Gasteiger partial charge in [-0.05, 0) is 49.3 Å². The van der Waals surface area contributed by atoms with Crippen molar-refractivity contribution in [3.05, 3.63) is 66.2 Å². The molecule has 2 fully saturated rings. The van der Waals surface area contributed by atoms with Gasteiger partial charge in [0.1, 0.15) is 5.75 Å². The van der Waals surface area contributed by atoms with Crippen LogP contribution in [0.5, 0.6) is 5.75 Å². The average molecular weight is 355 g/mol. The third-order valence-electron chi connectivity index (χ3n) is 5.69. The van der Waals surface area contributed by atoms with Crippen LogP contribution in [0.15, 0.2) is 60.7 Å². The lowest BCUT2D eigenvalue weighted by Gasteiger charge is -2.29. The van der Waals surface area contributed by atoms with Gasteiger partial charge in [-0.25, -0.2) is 0 Å². The van der Waals surface area contributed by atoms with E-state index >= 15 is 0 Å². The fourth-order valence-electron chi connectivity index (χ4n) is 4.17. The summed E-state index contributed by atoms with van der Waals surface area (Å²) in [7, 11) is 0. The van der Waals surface area contributed by atoms with Crippen LogP contribution in [0.4, 0.5) is 0 Å². The summed E-state index contributed by atoms with van der Waals surface area (Å²) >= 11 is 0. The molecule has 1 saturated carbocycles. The summed E-state index contributed by atoms with van der Waals surface area (Å²) < 4.78 is 0. The zero-order valence-corrected chi connectivity index (χ0v) is 15.3. The van der Waals surface area contributed by atoms with E-state index in [1.54, 1.807) is 24.3 Å². The number of phenolic OH excluding ortho intramolecular Hbond substituents is 1. The number of phenols is 1. The number of aromatic hydroxyl groups is 1. The van der Waals surface area contributed by atoms with Crippen LogP contribution in [0.3, 0.4) is 0 Å². The second-order valence-corrected chi connectivity index (χ2v) is 7.53. The van der Waals surface area contributed by atoms with Crippen LogP contribution in [-0.2, 0) is 0 Å². The fraction of sp³-hybridized carbons (Fsp3) is 0.455. The van der Waals surface area contributed by atoms with E-state index in [0.717, 1.165) is 31.5 Å². The van der Waals surface area contributed by atoms with E-state index < -0.39 is 6.10 Å². The highest BCUT2D eigenvalue weighted by Gasteiger charge is 2.42. The minimum absolute atomic E-state index is 0.0577. The molecule has 0 spiro atoms. The highest BCUT2D eigenvalue weighted by atomic mass is 16.3. The predicted octanol–water partition coefficient (Wildman–Crippen LogP) is 3.20. The van der Waals surface area contributed by atoms with Crippen LogP contribution in [0.1, 0.15) is 31.4 Å². The predicted molar refractivity (Wildman–Crippen MR) is 103 cm³/mol. The molecule has 0 aromatic heterocycles. The number of aliphatic hydroxyl groups is 2. The number of benzene rings is 2. The van der Waals surface area contributed by atoms with Gasteiger partial charge >= 0.3 is 0 Å². The van der Waals surface area contributed by atoms with Gasteiger partial charge in [0.05, 0.1) is 12.2 Å². The maximum Gasteiger partial charge on any atom is 0.115 e. The molecule has 140 valence electrons. The van der Waals surface area contributed by atoms with E-state index in [1.165, 1.54) is 0 Å². The zero-order valence-electron chi connectivity index (χ0n) is 15.3. The van der Waals surface area contributed by atoms with Gasteiger partial charge in [0.2, 0.25) is 0 Å². The van der Waals surface area contributed by atoms with Gasteiger partial charge in [-0.3, -0.25) is 4.90 Å². The normalized spacial score (nSPS) is 27.3. The Kier molecular flexibility index (Phi) is 6.30. The van der Waals surface area contributed by atoms with Crippen LogP contribution >= 0.6 is 0 Å². The molecule has 0 bridgehead atoms. The summed E-state index contributed by atoms with van der Waals surface area (Å²) in [6.07, 6.45) is 1.15. The summed E-state index contributed by atoms with van der Waals surface area (Å²) in [4.78, 5) is 2.33. The van der Waals surface area contributed by atoms with Gasteiger partial charge in [0, 0.05) is 19.1 Å². The molecule has 1 aliphatic carbocycles. The van der Waals surface area contributed by atoms with Crippen LogP contribution in [0.25, 0.3) is 0 Å². The van der Waals surface area contributed by atoms with E-state index in [1.807, 2.05) is 36.4 Å². The number of hydrogen-bond acceptors (Lipinski definition) is 4. The van der Waals surface area contributed by atoms with Crippen LogP contribution in [0, 0.1) is 11.8 Å². The van der Waals surface area contributed by atoms with E-state index in [0.29, 0.717) is 11.8 Å². The summed E-state index contributed by atoms with van der Waals surface area (Å²) in [6.45, 7) is 3.99. The first-order valence-corrected chi connectivity index (χ1v) is 9.43. The van der Waals surface area contributed by atoms with Crippen molar-refractivity contribution in [1.82, 2.24) is 4.90 Å². The molecule has 3 unspecified atom stereocenters. The molecule has 0 radical (unpaired) electrons. The summed E-state index contributed by atoms with van der Waals surface area (Å²) in [6, 6.07) is 18.8. The van der Waals surface area contributed by atoms with E-state index in [9.17, 15) is 15.3 Å². The monoisotopic (exact) mass is 355 g/mol. The standard InChI is InChI=1S/C16H23NO3.C6H6/c1-10(16(20)11-2-4-14(18)5-3-11)17-8-12-6-15(19)7-13(12)9-17;1-2-4-6-5-3-1/h2-5,10,12-13,15-16,18-20H,6-9H2,1H3;1-6H/t10?,12-,13+,15?,16?;. The first kappa shape index (κ1) is 18.9. The van der Waals surface area contributed by atoms with Crippen molar-refractivity contribution in [3.63, 3.8) is 0 Å². The lowest BCUT2D eigenvalue weighted by Crippen LogP contribution is -2.36. The van der Waals surface area contributed by atoms with E-state index in [4.69, 9.17) is 0 Å². The number of likely N-dealkylation sites (tertiary alicyclic amines) is 1. The molecule has 3 N–H and O–H groups in total. The number of nitrogens with zero attached hydrogens (tertiary/aromatic N) is 1. The average Bonchev–Trinajstić information content (AvgIpc) is 3.20. The highest BCUT2D eigenvalue weighted by Crippen LogP contribution is 2.40. The van der Waals surface area contributed by atoms with Gasteiger partial charge in [0.25, 0.3) is 0 Å². The molecule has 4 heteroatoms. The Bertz CT molecular complexity index is 620. The molecule has 1 heterocycles. The second kappa shape index (κ2) is 8.67. The summed E-state index contributed by atoms with van der Waals surface area (Å²) in [5.41, 5.74) is 0.840. The minimum atomic E-state index is -0.542. The van der Waals surface area contributed by atoms with Crippen LogP contribution in [0.2, 0.25) is 0 Å². The molecule has 26 heavy (non-hydrogen) atoms. The van der Waals surface area contributed by atoms with Crippen molar-refractivity contribution in [2.75, 3.05) is 13.1 Å². The highest BCUT2D eigenvalue weighted by molar-refractivity contribution is 5.28. The van der Waals surface area contributed by atoms with Crippen molar-refractivity contribution >= 4 is 0 Å². The molecule has 1 saturated heterocycles. The molecule has 2 aromatic carbocycles. The molecule has 2 aliphatic rings. The Labute approximate surface area is 155 Å². The lowest BCUT2D eigenvalue weighted by molar-refractivity contribution is 0.0626. The van der Waals surface area contributed by atoms with Crippen molar-refractivity contribution < 1.29 is 15.3 Å². The molecule has 4 nitrogen and oxygen atoms in total. The number of rotatable bonds is 3. The van der Waals surface area contributed by atoms with Crippen LogP contribution in [-0.4, -0.2) is 45.5 Å². The summed E-state index contributed by atoms with van der Waals surface area (Å²) in [5, 5.41) is 29.5. The Morgan fingerprint density at radius 3 is 1.81 bits per heavy atom. The molecule has 4 rings (SSSR count). The number of hydrogen-bond donors (Lipinski definition) is 3. The molecule has 2 aromatic rings. The minimum Gasteiger partial charge on any atom is -0.508 e. The smallest absolute Gasteiger partial charge is 0.115 e. The van der Waals surface area contributed by atoms with Gasteiger partial charge < -0.3 is 15.3 Å². The van der Waals surface area contributed by atoms with Gasteiger partial charge in [-0.15, -0.1) is 0 Å². The van der Waals surface area contributed by atoms with Gasteiger partial charge in [0.15, 0.2) is 0 Å². The quantitative estimate of drug-likeness (QED) is 0.791. The summed E-state index contributed by atoms with van der Waals surface area (Å²) in [5.74, 6) is 1.39. The fourth-order valence-corrected chi connectivity index (χ4v) is 4.17. The van der Waals surface area contributed by atoms with Gasteiger partial charge in [-0.1, -0.05) is 48.5 Å². The Balaban J connectivity index is 0.000000278. The maximum absolute atomic E-state index is 10.5. The van der Waals surface area contributed by atoms with Crippen molar-refractivity contribution in [3.8, 4) is 5.75 Å². The second-order valence-electron chi connectivity index (χ2n) is 7.53. The molecule has 5 atom stereocenters. The van der Waals surface area contributed by atoms with E-state index in [-0.39, 0.29) is 17.9 Å². The number of aliphatic hydroxyl groups excluding tert-OH is 2. The molecule has 1 aliphatic heterocycles. The molecular weight excluding hydrogens is 326 g/mol. The van der Waals surface area contributed by atoms with Gasteiger partial charge in [-0.2, -0.15) is 0 Å². The van der Waals surface area contributed by atoms with Crippen molar-refractivity contribution in [2.24, 2.45) is 11.8 Å². The third kappa shape index (κ3) is 4.64. The Hall–Kier alpha value is -1.88. The largest absolute Gasteiger partial charge is 0.508 e. The van der Waals surface area contributed by atoms with Crippen LogP contribution < -0.4 is 0 Å². The Morgan fingerprint density at radius 2 is 1.35 bits per heavy atom. The molecular formula is C22H29NO3. The first-order valence-electron chi connectivity index (χ1n) is 9.43. The number of fused-ring (bicyclic) bond motifs is 1. The van der Waals surface area contributed by atoms with Crippen molar-refractivity contribution in [2.45, 2.75) is 38.0 Å². The third-order valence-corrected chi connectivity index (χ3v) is 5.69.